The Balaban J connectivity index is 1.31. The van der Waals surface area contributed by atoms with Crippen LogP contribution in [0.25, 0.3) is 0 Å². The van der Waals surface area contributed by atoms with Crippen molar-refractivity contribution in [2.24, 2.45) is 11.1 Å². The maximum atomic E-state index is 13.2. The molecule has 4 heterocycles. The number of hydrogen-bond donors (Lipinski definition) is 0. The fraction of sp³-hybridized carbons (Fsp3) is 0.345. The van der Waals surface area contributed by atoms with Crippen LogP contribution in [0.1, 0.15) is 24.0 Å². The monoisotopic (exact) mass is 503 g/mol. The lowest BCUT2D eigenvalue weighted by Gasteiger charge is -2.53. The second kappa shape index (κ2) is 9.59. The second-order valence-corrected chi connectivity index (χ2v) is 9.75. The quantitative estimate of drug-likeness (QED) is 0.439. The van der Waals surface area contributed by atoms with Crippen molar-refractivity contribution >= 4 is 5.84 Å². The SMILES string of the molecule is COc1ccc(CN2C(c3ccc(Oc4ccc(F)cc4)cc3)=NOC23CN2CCC3CC2)c(OC)c1. The van der Waals surface area contributed by atoms with E-state index >= 15 is 0 Å². The number of hydrogen-bond acceptors (Lipinski definition) is 7. The Labute approximate surface area is 216 Å². The highest BCUT2D eigenvalue weighted by Gasteiger charge is 2.57. The van der Waals surface area contributed by atoms with Crippen LogP contribution in [0.5, 0.6) is 23.0 Å². The first-order valence-corrected chi connectivity index (χ1v) is 12.6. The normalized spacial score (nSPS) is 24.1. The molecule has 3 aromatic rings. The van der Waals surface area contributed by atoms with E-state index in [1.165, 1.54) is 12.1 Å². The Morgan fingerprint density at radius 2 is 1.59 bits per heavy atom. The zero-order valence-corrected chi connectivity index (χ0v) is 21.0. The smallest absolute Gasteiger partial charge is 0.227 e. The summed E-state index contributed by atoms with van der Waals surface area (Å²) in [5.41, 5.74) is 1.46. The predicted molar refractivity (Wildman–Crippen MR) is 138 cm³/mol. The van der Waals surface area contributed by atoms with E-state index in [-0.39, 0.29) is 5.82 Å². The highest BCUT2D eigenvalue weighted by atomic mass is 19.1. The van der Waals surface area contributed by atoms with Gasteiger partial charge >= 0.3 is 0 Å². The van der Waals surface area contributed by atoms with Gasteiger partial charge in [0.15, 0.2) is 5.84 Å². The molecular weight excluding hydrogens is 473 g/mol. The topological polar surface area (TPSA) is 55.8 Å². The molecular formula is C29H30FN3O4. The molecule has 4 aliphatic heterocycles. The molecule has 1 atom stereocenters. The average molecular weight is 504 g/mol. The fourth-order valence-electron chi connectivity index (χ4n) is 5.68. The number of methoxy groups -OCH3 is 2. The largest absolute Gasteiger partial charge is 0.497 e. The molecule has 192 valence electrons. The van der Waals surface area contributed by atoms with Crippen molar-refractivity contribution in [2.45, 2.75) is 25.1 Å². The minimum atomic E-state index is -0.514. The molecule has 4 aliphatic rings. The van der Waals surface area contributed by atoms with Gasteiger partial charge in [-0.05, 0) is 86.6 Å². The highest BCUT2D eigenvalue weighted by molar-refractivity contribution is 5.99. The van der Waals surface area contributed by atoms with Gasteiger partial charge in [0.1, 0.15) is 28.8 Å². The van der Waals surface area contributed by atoms with Gasteiger partial charge in [0.25, 0.3) is 0 Å². The van der Waals surface area contributed by atoms with Gasteiger partial charge in [-0.25, -0.2) is 4.39 Å². The van der Waals surface area contributed by atoms with E-state index in [1.807, 2.05) is 42.5 Å². The first-order chi connectivity index (χ1) is 18.1. The van der Waals surface area contributed by atoms with E-state index in [2.05, 4.69) is 15.0 Å². The minimum Gasteiger partial charge on any atom is -0.497 e. The zero-order valence-electron chi connectivity index (χ0n) is 21.0. The highest BCUT2D eigenvalue weighted by Crippen LogP contribution is 2.45. The predicted octanol–water partition coefficient (Wildman–Crippen LogP) is 5.25. The summed E-state index contributed by atoms with van der Waals surface area (Å²) in [4.78, 5) is 11.1. The van der Waals surface area contributed by atoms with Gasteiger partial charge in [-0.3, -0.25) is 4.90 Å². The first kappa shape index (κ1) is 23.6. The molecule has 2 bridgehead atoms. The van der Waals surface area contributed by atoms with Crippen LogP contribution in [0.4, 0.5) is 4.39 Å². The molecule has 3 fully saturated rings. The molecule has 37 heavy (non-hydrogen) atoms. The molecule has 8 heteroatoms. The van der Waals surface area contributed by atoms with E-state index in [0.717, 1.165) is 60.9 Å². The number of piperidine rings is 3. The summed E-state index contributed by atoms with van der Waals surface area (Å²) in [5.74, 6) is 3.65. The number of amidine groups is 1. The van der Waals surface area contributed by atoms with Crippen molar-refractivity contribution in [1.29, 1.82) is 0 Å². The molecule has 0 radical (unpaired) electrons. The van der Waals surface area contributed by atoms with E-state index in [1.54, 1.807) is 26.4 Å². The maximum absolute atomic E-state index is 13.2. The van der Waals surface area contributed by atoms with Crippen LogP contribution < -0.4 is 14.2 Å². The van der Waals surface area contributed by atoms with E-state index < -0.39 is 5.72 Å². The molecule has 0 aliphatic carbocycles. The van der Waals surface area contributed by atoms with Crippen LogP contribution in [0.15, 0.2) is 71.9 Å². The molecule has 0 saturated carbocycles. The number of oxime groups is 1. The number of fused-ring (bicyclic) bond motifs is 2. The van der Waals surface area contributed by atoms with Gasteiger partial charge in [-0.15, -0.1) is 0 Å². The van der Waals surface area contributed by atoms with E-state index in [9.17, 15) is 4.39 Å². The van der Waals surface area contributed by atoms with E-state index in [4.69, 9.17) is 19.0 Å². The van der Waals surface area contributed by atoms with Gasteiger partial charge in [-0.1, -0.05) is 5.16 Å². The van der Waals surface area contributed by atoms with Crippen molar-refractivity contribution in [2.75, 3.05) is 33.9 Å². The number of nitrogens with zero attached hydrogens (tertiary/aromatic N) is 3. The minimum absolute atomic E-state index is 0.294. The van der Waals surface area contributed by atoms with Crippen LogP contribution in [-0.2, 0) is 11.4 Å². The van der Waals surface area contributed by atoms with Crippen LogP contribution in [-0.4, -0.2) is 55.2 Å². The average Bonchev–Trinajstić information content (AvgIpc) is 3.28. The number of benzene rings is 3. The van der Waals surface area contributed by atoms with Gasteiger partial charge in [0.05, 0.1) is 27.3 Å². The molecule has 0 aromatic heterocycles. The Bertz CT molecular complexity index is 1290. The van der Waals surface area contributed by atoms with Crippen LogP contribution in [0, 0.1) is 11.7 Å². The fourth-order valence-corrected chi connectivity index (χ4v) is 5.68. The summed E-state index contributed by atoms with van der Waals surface area (Å²) >= 11 is 0. The van der Waals surface area contributed by atoms with Crippen LogP contribution in [0.2, 0.25) is 0 Å². The molecule has 7 rings (SSSR count). The van der Waals surface area contributed by atoms with Crippen molar-refractivity contribution in [1.82, 2.24) is 9.80 Å². The Morgan fingerprint density at radius 1 is 0.919 bits per heavy atom. The molecule has 7 nitrogen and oxygen atoms in total. The maximum Gasteiger partial charge on any atom is 0.227 e. The number of ether oxygens (including phenoxy) is 3. The van der Waals surface area contributed by atoms with Gasteiger partial charge < -0.3 is 23.9 Å². The van der Waals surface area contributed by atoms with Crippen molar-refractivity contribution in [3.05, 3.63) is 83.7 Å². The summed E-state index contributed by atoms with van der Waals surface area (Å²) in [6, 6.07) is 19.7. The summed E-state index contributed by atoms with van der Waals surface area (Å²) < 4.78 is 30.2. The van der Waals surface area contributed by atoms with Crippen LogP contribution in [0.3, 0.4) is 0 Å². The van der Waals surface area contributed by atoms with Crippen molar-refractivity contribution in [3.8, 4) is 23.0 Å². The summed E-state index contributed by atoms with van der Waals surface area (Å²) in [7, 11) is 3.33. The molecule has 3 saturated heterocycles. The molecule has 0 N–H and O–H groups in total. The van der Waals surface area contributed by atoms with Crippen LogP contribution >= 0.6 is 0 Å². The van der Waals surface area contributed by atoms with Gasteiger partial charge in [-0.2, -0.15) is 0 Å². The lowest BCUT2D eigenvalue weighted by Crippen LogP contribution is -2.66. The lowest BCUT2D eigenvalue weighted by atomic mass is 9.79. The van der Waals surface area contributed by atoms with Gasteiger partial charge in [0.2, 0.25) is 5.72 Å². The second-order valence-electron chi connectivity index (χ2n) is 9.75. The Kier molecular flexibility index (Phi) is 6.12. The van der Waals surface area contributed by atoms with E-state index in [0.29, 0.717) is 24.0 Å². The molecule has 1 spiro atoms. The third kappa shape index (κ3) is 4.35. The summed E-state index contributed by atoms with van der Waals surface area (Å²) in [5, 5.41) is 4.66. The molecule has 3 aromatic carbocycles. The molecule has 1 unspecified atom stereocenters. The summed E-state index contributed by atoms with van der Waals surface area (Å²) in [6.07, 6.45) is 2.17. The summed E-state index contributed by atoms with van der Waals surface area (Å²) in [6.45, 7) is 3.60. The van der Waals surface area contributed by atoms with Gasteiger partial charge in [0, 0.05) is 23.1 Å². The first-order valence-electron chi connectivity index (χ1n) is 12.6. The Morgan fingerprint density at radius 3 is 2.22 bits per heavy atom. The van der Waals surface area contributed by atoms with Crippen molar-refractivity contribution < 1.29 is 23.4 Å². The molecule has 0 amide bonds. The van der Waals surface area contributed by atoms with Crippen molar-refractivity contribution in [3.63, 3.8) is 0 Å². The number of rotatable bonds is 7. The zero-order chi connectivity index (χ0) is 25.4. The third-order valence-electron chi connectivity index (χ3n) is 7.66. The lowest BCUT2D eigenvalue weighted by molar-refractivity contribution is -0.198. The standard InChI is InChI=1S/C29H30FN3O4/c1-34-26-10-5-21(27(17-26)35-2)18-33-28(31-37-29(33)19-32-15-13-22(29)14-16-32)20-3-8-24(9-4-20)36-25-11-6-23(30)7-12-25/h3-12,17,22H,13-16,18-19H2,1-2H3. The Hall–Kier alpha value is -3.78. The number of halogens is 1. The third-order valence-corrected chi connectivity index (χ3v) is 7.66.